The van der Waals surface area contributed by atoms with E-state index < -0.39 is 67.3 Å². The molecule has 10 heteroatoms. The fourth-order valence-corrected chi connectivity index (χ4v) is 2.91. The monoisotopic (exact) mass is 326 g/mol. The van der Waals surface area contributed by atoms with Crippen LogP contribution < -0.4 is 0 Å². The van der Waals surface area contributed by atoms with Crippen LogP contribution in [0.2, 0.25) is 0 Å². The predicted octanol–water partition coefficient (Wildman–Crippen LogP) is -4.98. The molecule has 22 heavy (non-hydrogen) atoms. The molecule has 130 valence electrons. The van der Waals surface area contributed by atoms with Gasteiger partial charge in [0.25, 0.3) is 0 Å². The van der Waals surface area contributed by atoms with Crippen molar-refractivity contribution in [1.29, 1.82) is 0 Å². The van der Waals surface area contributed by atoms with Gasteiger partial charge in [-0.25, -0.2) is 0 Å². The molecular formula is C12H22O10. The van der Waals surface area contributed by atoms with E-state index in [1.165, 1.54) is 6.92 Å². The molecule has 8 N–H and O–H groups in total. The fraction of sp³-hybridized carbons (Fsp3) is 1.00. The maximum Gasteiger partial charge on any atom is 0.190 e. The van der Waals surface area contributed by atoms with E-state index in [1.807, 2.05) is 0 Å². The number of aliphatic hydroxyl groups is 8. The molecule has 0 amide bonds. The van der Waals surface area contributed by atoms with E-state index in [0.717, 1.165) is 0 Å². The Morgan fingerprint density at radius 1 is 1.00 bits per heavy atom. The van der Waals surface area contributed by atoms with Crippen molar-refractivity contribution in [2.24, 2.45) is 0 Å². The van der Waals surface area contributed by atoms with Gasteiger partial charge in [-0.1, -0.05) is 0 Å². The molecule has 2 aliphatic rings. The van der Waals surface area contributed by atoms with E-state index in [0.29, 0.717) is 0 Å². The zero-order valence-corrected chi connectivity index (χ0v) is 11.8. The quantitative estimate of drug-likeness (QED) is 0.245. The Hall–Kier alpha value is -0.400. The Balaban J connectivity index is 2.39. The van der Waals surface area contributed by atoms with Gasteiger partial charge in [-0.15, -0.1) is 0 Å². The minimum absolute atomic E-state index is 0.739. The van der Waals surface area contributed by atoms with Gasteiger partial charge in [-0.05, 0) is 6.92 Å². The molecule has 0 aliphatic carbocycles. The standard InChI is InChI=1S/C12H22O10/c1-4-6(14)8(16)11(19,3-21-4)12(20)9(17)7(15)5(2-13)22-10(12)18/h4-10,13-20H,2-3H2,1H3/t4-,5-,6-,7-,8+,9+,10+,11-,12-/m1/s1. The molecule has 0 unspecified atom stereocenters. The van der Waals surface area contributed by atoms with E-state index in [1.54, 1.807) is 0 Å². The van der Waals surface area contributed by atoms with Crippen LogP contribution in [0.5, 0.6) is 0 Å². The van der Waals surface area contributed by atoms with Crippen LogP contribution in [0.15, 0.2) is 0 Å². The first-order valence-corrected chi connectivity index (χ1v) is 6.84. The van der Waals surface area contributed by atoms with E-state index in [-0.39, 0.29) is 0 Å². The lowest BCUT2D eigenvalue weighted by molar-refractivity contribution is -0.398. The van der Waals surface area contributed by atoms with E-state index in [9.17, 15) is 35.7 Å². The molecule has 10 nitrogen and oxygen atoms in total. The summed E-state index contributed by atoms with van der Waals surface area (Å²) in [6.07, 6.45) is -12.2. The second-order valence-corrected chi connectivity index (χ2v) is 5.85. The predicted molar refractivity (Wildman–Crippen MR) is 67.3 cm³/mol. The van der Waals surface area contributed by atoms with Crippen LogP contribution in [0, 0.1) is 0 Å². The Morgan fingerprint density at radius 3 is 2.14 bits per heavy atom. The summed E-state index contributed by atoms with van der Waals surface area (Å²) < 4.78 is 9.85. The van der Waals surface area contributed by atoms with Crippen LogP contribution in [0.4, 0.5) is 0 Å². The van der Waals surface area contributed by atoms with Crippen molar-refractivity contribution in [3.05, 3.63) is 0 Å². The van der Waals surface area contributed by atoms with Crippen LogP contribution in [0.1, 0.15) is 6.92 Å². The zero-order valence-electron chi connectivity index (χ0n) is 11.8. The highest BCUT2D eigenvalue weighted by molar-refractivity contribution is 5.16. The fourth-order valence-electron chi connectivity index (χ4n) is 2.91. The summed E-state index contributed by atoms with van der Waals surface area (Å²) in [4.78, 5) is 0. The summed E-state index contributed by atoms with van der Waals surface area (Å²) in [6, 6.07) is 0. The lowest BCUT2D eigenvalue weighted by Crippen LogP contribution is -2.82. The van der Waals surface area contributed by atoms with E-state index in [2.05, 4.69) is 0 Å². The molecule has 2 saturated heterocycles. The maximum atomic E-state index is 10.6. The van der Waals surface area contributed by atoms with Crippen molar-refractivity contribution in [3.8, 4) is 0 Å². The van der Waals surface area contributed by atoms with Crippen molar-refractivity contribution in [3.63, 3.8) is 0 Å². The van der Waals surface area contributed by atoms with Gasteiger partial charge in [-0.3, -0.25) is 0 Å². The van der Waals surface area contributed by atoms with Gasteiger partial charge in [-0.2, -0.15) is 0 Å². The van der Waals surface area contributed by atoms with Gasteiger partial charge >= 0.3 is 0 Å². The summed E-state index contributed by atoms with van der Waals surface area (Å²) in [7, 11) is 0. The lowest BCUT2D eigenvalue weighted by atomic mass is 9.68. The van der Waals surface area contributed by atoms with Crippen molar-refractivity contribution < 1.29 is 50.3 Å². The second kappa shape index (κ2) is 5.91. The Morgan fingerprint density at radius 2 is 1.59 bits per heavy atom. The average molecular weight is 326 g/mol. The Bertz CT molecular complexity index is 407. The molecule has 2 heterocycles. The number of hydrogen-bond acceptors (Lipinski definition) is 10. The number of rotatable bonds is 2. The number of aliphatic hydroxyl groups excluding tert-OH is 6. The highest BCUT2D eigenvalue weighted by Gasteiger charge is 2.69. The van der Waals surface area contributed by atoms with Gasteiger partial charge in [0.1, 0.15) is 30.5 Å². The summed E-state index contributed by atoms with van der Waals surface area (Å²) in [5.74, 6) is 0. The molecule has 0 spiro atoms. The molecule has 2 fully saturated rings. The SMILES string of the molecule is C[C@H]1OC[C@](O)([C@]2(O)[C@@H](O)O[C@H](CO)[C@@H](O)[C@@H]2O)[C@@H](O)[C@@H]1O. The first kappa shape index (κ1) is 17.9. The van der Waals surface area contributed by atoms with Gasteiger partial charge in [0.15, 0.2) is 17.5 Å². The highest BCUT2D eigenvalue weighted by atomic mass is 16.6. The molecule has 2 rings (SSSR count). The molecular weight excluding hydrogens is 304 g/mol. The van der Waals surface area contributed by atoms with Crippen LogP contribution >= 0.6 is 0 Å². The molecule has 0 bridgehead atoms. The molecule has 0 radical (unpaired) electrons. The number of ether oxygens (including phenoxy) is 2. The first-order chi connectivity index (χ1) is 10.1. The van der Waals surface area contributed by atoms with E-state index >= 15 is 0 Å². The third kappa shape index (κ3) is 2.27. The maximum absolute atomic E-state index is 10.6. The van der Waals surface area contributed by atoms with Gasteiger partial charge in [0.05, 0.1) is 19.3 Å². The number of hydrogen-bond donors (Lipinski definition) is 8. The summed E-state index contributed by atoms with van der Waals surface area (Å²) in [6.45, 7) is -0.0855. The van der Waals surface area contributed by atoms with Gasteiger partial charge in [0, 0.05) is 0 Å². The van der Waals surface area contributed by atoms with Crippen molar-refractivity contribution in [2.45, 2.75) is 61.0 Å². The molecule has 2 aliphatic heterocycles. The lowest BCUT2D eigenvalue weighted by Gasteiger charge is -2.56. The van der Waals surface area contributed by atoms with Crippen molar-refractivity contribution >= 4 is 0 Å². The third-order valence-electron chi connectivity index (χ3n) is 4.57. The smallest absolute Gasteiger partial charge is 0.190 e. The van der Waals surface area contributed by atoms with Crippen LogP contribution in [0.25, 0.3) is 0 Å². The molecule has 9 atom stereocenters. The van der Waals surface area contributed by atoms with Crippen LogP contribution in [-0.4, -0.2) is 108 Å². The topological polar surface area (TPSA) is 180 Å². The molecule has 0 aromatic carbocycles. The molecule has 0 saturated carbocycles. The Kier molecular flexibility index (Phi) is 4.82. The van der Waals surface area contributed by atoms with Gasteiger partial charge in [0.2, 0.25) is 0 Å². The minimum atomic E-state index is -2.96. The minimum Gasteiger partial charge on any atom is -0.394 e. The van der Waals surface area contributed by atoms with E-state index in [4.69, 9.17) is 14.6 Å². The average Bonchev–Trinajstić information content (AvgIpc) is 2.50. The summed E-state index contributed by atoms with van der Waals surface area (Å²) >= 11 is 0. The van der Waals surface area contributed by atoms with Crippen molar-refractivity contribution in [1.82, 2.24) is 0 Å². The molecule has 0 aromatic heterocycles. The largest absolute Gasteiger partial charge is 0.394 e. The third-order valence-corrected chi connectivity index (χ3v) is 4.57. The first-order valence-electron chi connectivity index (χ1n) is 6.84. The summed E-state index contributed by atoms with van der Waals surface area (Å²) in [5, 5.41) is 79.9. The normalized spacial score (nSPS) is 56.9. The highest BCUT2D eigenvalue weighted by Crippen LogP contribution is 2.42. The van der Waals surface area contributed by atoms with Crippen molar-refractivity contribution in [2.75, 3.05) is 13.2 Å². The summed E-state index contributed by atoms with van der Waals surface area (Å²) in [5.41, 5.74) is -5.68. The molecule has 0 aromatic rings. The second-order valence-electron chi connectivity index (χ2n) is 5.85. The zero-order chi connectivity index (χ0) is 16.9. The Labute approximate surface area is 125 Å². The van der Waals surface area contributed by atoms with Crippen LogP contribution in [0.3, 0.4) is 0 Å². The van der Waals surface area contributed by atoms with Crippen LogP contribution in [-0.2, 0) is 9.47 Å². The van der Waals surface area contributed by atoms with Gasteiger partial charge < -0.3 is 50.3 Å².